The summed E-state index contributed by atoms with van der Waals surface area (Å²) in [6.45, 7) is 4.84. The summed E-state index contributed by atoms with van der Waals surface area (Å²) in [6, 6.07) is 15.8. The van der Waals surface area contributed by atoms with Gasteiger partial charge in [0.15, 0.2) is 11.4 Å². The summed E-state index contributed by atoms with van der Waals surface area (Å²) in [5, 5.41) is 7.88. The fourth-order valence-corrected chi connectivity index (χ4v) is 6.48. The number of sulfonamides is 1. The molecule has 0 fully saturated rings. The Labute approximate surface area is 234 Å². The monoisotopic (exact) mass is 590 g/mol. The van der Waals surface area contributed by atoms with E-state index in [1.54, 1.807) is 16.8 Å². The highest BCUT2D eigenvalue weighted by molar-refractivity contribution is 7.94. The van der Waals surface area contributed by atoms with Crippen LogP contribution in [-0.4, -0.2) is 42.8 Å². The Balaban J connectivity index is 1.60. The Bertz CT molecular complexity index is 1650. The van der Waals surface area contributed by atoms with Gasteiger partial charge in [-0.2, -0.15) is 5.10 Å². The minimum absolute atomic E-state index is 0.0664. The van der Waals surface area contributed by atoms with Crippen LogP contribution in [0.4, 0.5) is 5.82 Å². The lowest BCUT2D eigenvalue weighted by atomic mass is 10.1. The predicted octanol–water partition coefficient (Wildman–Crippen LogP) is 4.57. The zero-order valence-electron chi connectivity index (χ0n) is 21.6. The lowest BCUT2D eigenvalue weighted by molar-refractivity contribution is -0.163. The number of aromatic nitrogens is 2. The third-order valence-corrected chi connectivity index (χ3v) is 8.79. The van der Waals surface area contributed by atoms with E-state index < -0.39 is 27.5 Å². The topological polar surface area (TPSA) is 129 Å². The van der Waals surface area contributed by atoms with Crippen LogP contribution in [-0.2, 0) is 37.4 Å². The van der Waals surface area contributed by atoms with Crippen LogP contribution in [0.15, 0.2) is 58.8 Å². The van der Waals surface area contributed by atoms with E-state index in [0.717, 1.165) is 22.5 Å². The van der Waals surface area contributed by atoms with Gasteiger partial charge >= 0.3 is 5.97 Å². The predicted molar refractivity (Wildman–Crippen MR) is 150 cm³/mol. The quantitative estimate of drug-likeness (QED) is 0.259. The van der Waals surface area contributed by atoms with E-state index in [4.69, 9.17) is 21.1 Å². The molecule has 0 radical (unpaired) electrons. The molecule has 206 valence electrons. The van der Waals surface area contributed by atoms with Crippen molar-refractivity contribution in [3.05, 3.63) is 70.1 Å². The number of hydrogen-bond acceptors (Lipinski definition) is 8. The largest absolute Gasteiger partial charge is 0.496 e. The summed E-state index contributed by atoms with van der Waals surface area (Å²) in [7, 11) is -2.43. The lowest BCUT2D eigenvalue weighted by Gasteiger charge is -2.23. The van der Waals surface area contributed by atoms with Crippen molar-refractivity contribution in [2.24, 2.45) is 0 Å². The highest BCUT2D eigenvalue weighted by Crippen LogP contribution is 2.35. The molecule has 0 aliphatic carbocycles. The van der Waals surface area contributed by atoms with E-state index in [0.29, 0.717) is 27.5 Å². The number of esters is 1. The van der Waals surface area contributed by atoms with Crippen molar-refractivity contribution in [2.75, 3.05) is 11.8 Å². The molecule has 13 heteroatoms. The molecule has 0 atom stereocenters. The molecule has 0 bridgehead atoms. The summed E-state index contributed by atoms with van der Waals surface area (Å²) >= 11 is 6.89. The summed E-state index contributed by atoms with van der Waals surface area (Å²) in [6.07, 6.45) is 0. The normalized spacial score (nSPS) is 11.8. The SMILES string of the molecule is COc1cccc2c1c(NS(=O)(=O)c1ccc(Cl)s1)nn2Cc1cccc(CNC(=O)C(C)(C)OC(C)=O)c1. The van der Waals surface area contributed by atoms with Gasteiger partial charge in [-0.25, -0.2) is 8.42 Å². The standard InChI is InChI=1S/C26H27ClN4O6S2/c1-16(32)37-26(2,3)25(33)28-14-17-7-5-8-18(13-17)15-31-19-9-6-10-20(36-4)23(19)24(29-31)30-39(34,35)22-12-11-21(27)38-22/h5-13H,14-15H2,1-4H3,(H,28,33)(H,29,30). The third-order valence-electron chi connectivity index (χ3n) is 5.73. The van der Waals surface area contributed by atoms with Crippen LogP contribution in [0.5, 0.6) is 5.75 Å². The van der Waals surface area contributed by atoms with Crippen molar-refractivity contribution >= 4 is 61.6 Å². The van der Waals surface area contributed by atoms with Crippen LogP contribution >= 0.6 is 22.9 Å². The second-order valence-corrected chi connectivity index (χ2v) is 12.8. The number of ether oxygens (including phenoxy) is 2. The number of halogens is 1. The van der Waals surface area contributed by atoms with E-state index in [1.807, 2.05) is 30.3 Å². The molecular formula is C26H27ClN4O6S2. The van der Waals surface area contributed by atoms with E-state index in [2.05, 4.69) is 15.1 Å². The molecule has 4 aromatic rings. The Kier molecular flexibility index (Phi) is 8.19. The van der Waals surface area contributed by atoms with Crippen molar-refractivity contribution in [1.82, 2.24) is 15.1 Å². The molecule has 2 N–H and O–H groups in total. The number of carbonyl (C=O) groups is 2. The maximum absolute atomic E-state index is 13.0. The van der Waals surface area contributed by atoms with Crippen molar-refractivity contribution in [2.45, 2.75) is 43.7 Å². The molecule has 0 saturated carbocycles. The number of hydrogen-bond donors (Lipinski definition) is 2. The van der Waals surface area contributed by atoms with Gasteiger partial charge in [0.1, 0.15) is 9.96 Å². The minimum Gasteiger partial charge on any atom is -0.496 e. The number of methoxy groups -OCH3 is 1. The fourth-order valence-electron chi connectivity index (χ4n) is 3.99. The molecule has 0 aliphatic rings. The Morgan fingerprint density at radius 2 is 1.82 bits per heavy atom. The van der Waals surface area contributed by atoms with E-state index >= 15 is 0 Å². The van der Waals surface area contributed by atoms with Crippen LogP contribution in [0.1, 0.15) is 31.9 Å². The molecule has 39 heavy (non-hydrogen) atoms. The van der Waals surface area contributed by atoms with Gasteiger partial charge in [-0.1, -0.05) is 41.9 Å². The molecule has 1 amide bonds. The summed E-state index contributed by atoms with van der Waals surface area (Å²) in [4.78, 5) is 23.8. The molecule has 0 spiro atoms. The third kappa shape index (κ3) is 6.52. The number of carbonyl (C=O) groups excluding carboxylic acids is 2. The molecular weight excluding hydrogens is 564 g/mol. The molecule has 0 saturated heterocycles. The second-order valence-electron chi connectivity index (χ2n) is 9.13. The molecule has 0 aliphatic heterocycles. The Morgan fingerprint density at radius 3 is 2.49 bits per heavy atom. The second kappa shape index (κ2) is 11.2. The average molecular weight is 591 g/mol. The Morgan fingerprint density at radius 1 is 1.10 bits per heavy atom. The van der Waals surface area contributed by atoms with E-state index in [9.17, 15) is 18.0 Å². The first-order valence-corrected chi connectivity index (χ1v) is 14.4. The van der Waals surface area contributed by atoms with E-state index in [-0.39, 0.29) is 16.6 Å². The van der Waals surface area contributed by atoms with Crippen LogP contribution in [0.2, 0.25) is 4.34 Å². The van der Waals surface area contributed by atoms with Crippen LogP contribution in [0, 0.1) is 0 Å². The van der Waals surface area contributed by atoms with Gasteiger partial charge in [0.25, 0.3) is 15.9 Å². The maximum Gasteiger partial charge on any atom is 0.303 e. The summed E-state index contributed by atoms with van der Waals surface area (Å²) in [5.74, 6) is -0.367. The Hall–Kier alpha value is -3.61. The van der Waals surface area contributed by atoms with Gasteiger partial charge in [-0.3, -0.25) is 19.0 Å². The molecule has 2 aromatic carbocycles. The first-order valence-electron chi connectivity index (χ1n) is 11.8. The van der Waals surface area contributed by atoms with Crippen LogP contribution < -0.4 is 14.8 Å². The van der Waals surface area contributed by atoms with Gasteiger partial charge in [0, 0.05) is 13.5 Å². The van der Waals surface area contributed by atoms with Crippen molar-refractivity contribution in [3.8, 4) is 5.75 Å². The number of benzene rings is 2. The number of nitrogens with one attached hydrogen (secondary N) is 2. The number of amides is 1. The number of thiophene rings is 1. The summed E-state index contributed by atoms with van der Waals surface area (Å²) in [5.41, 5.74) is 1.06. The number of fused-ring (bicyclic) bond motifs is 1. The minimum atomic E-state index is -3.93. The van der Waals surface area contributed by atoms with E-state index in [1.165, 1.54) is 40.0 Å². The fraction of sp³-hybridized carbons (Fsp3) is 0.269. The highest BCUT2D eigenvalue weighted by Gasteiger charge is 2.30. The van der Waals surface area contributed by atoms with Crippen LogP contribution in [0.3, 0.4) is 0 Å². The first kappa shape index (κ1) is 28.4. The van der Waals surface area contributed by atoms with Gasteiger partial charge < -0.3 is 14.8 Å². The van der Waals surface area contributed by atoms with Gasteiger partial charge in [0.05, 0.1) is 28.9 Å². The van der Waals surface area contributed by atoms with Crippen molar-refractivity contribution in [1.29, 1.82) is 0 Å². The maximum atomic E-state index is 13.0. The van der Waals surface area contributed by atoms with Gasteiger partial charge in [0.2, 0.25) is 0 Å². The average Bonchev–Trinajstić information content (AvgIpc) is 3.46. The molecule has 2 aromatic heterocycles. The number of anilines is 1. The van der Waals surface area contributed by atoms with Crippen molar-refractivity contribution < 1.29 is 27.5 Å². The lowest BCUT2D eigenvalue weighted by Crippen LogP contribution is -2.44. The number of rotatable bonds is 10. The van der Waals surface area contributed by atoms with Gasteiger partial charge in [-0.15, -0.1) is 11.3 Å². The molecule has 10 nitrogen and oxygen atoms in total. The summed E-state index contributed by atoms with van der Waals surface area (Å²) < 4.78 is 41.3. The molecule has 2 heterocycles. The highest BCUT2D eigenvalue weighted by atomic mass is 35.5. The van der Waals surface area contributed by atoms with Gasteiger partial charge in [-0.05, 0) is 49.2 Å². The smallest absolute Gasteiger partial charge is 0.303 e. The zero-order chi connectivity index (χ0) is 28.4. The number of nitrogens with zero attached hydrogens (tertiary/aromatic N) is 2. The first-order chi connectivity index (χ1) is 18.4. The molecule has 4 rings (SSSR count). The zero-order valence-corrected chi connectivity index (χ0v) is 24.0. The molecule has 0 unspecified atom stereocenters. The van der Waals surface area contributed by atoms with Crippen molar-refractivity contribution in [3.63, 3.8) is 0 Å². The van der Waals surface area contributed by atoms with Crippen LogP contribution in [0.25, 0.3) is 10.9 Å².